The minimum Gasteiger partial charge on any atom is -0.459 e. The molecule has 376 valence electrons. The van der Waals surface area contributed by atoms with Crippen LogP contribution in [0.25, 0.3) is 0 Å². The van der Waals surface area contributed by atoms with Crippen LogP contribution in [0.3, 0.4) is 0 Å². The monoisotopic (exact) mass is 940 g/mol. The van der Waals surface area contributed by atoms with E-state index in [0.29, 0.717) is 31.6 Å². The number of carbonyl (C=O) groups is 1. The van der Waals surface area contributed by atoms with Gasteiger partial charge in [-0.2, -0.15) is 0 Å². The van der Waals surface area contributed by atoms with Gasteiger partial charge >= 0.3 is 5.97 Å². The lowest BCUT2D eigenvalue weighted by Crippen LogP contribution is -2.62. The summed E-state index contributed by atoms with van der Waals surface area (Å²) in [6, 6.07) is 2.22. The van der Waals surface area contributed by atoms with Crippen molar-refractivity contribution in [1.29, 1.82) is 0 Å². The third kappa shape index (κ3) is 12.2. The van der Waals surface area contributed by atoms with Crippen LogP contribution in [0.5, 0.6) is 0 Å². The molecule has 0 saturated carbocycles. The summed E-state index contributed by atoms with van der Waals surface area (Å²) < 4.78 is 61.6. The van der Waals surface area contributed by atoms with Gasteiger partial charge in [-0.15, -0.1) is 5.10 Å². The number of hydrogen-bond acceptors (Lipinski definition) is 15. The summed E-state index contributed by atoms with van der Waals surface area (Å²) in [5.74, 6) is -4.34. The van der Waals surface area contributed by atoms with Crippen LogP contribution in [0.15, 0.2) is 24.4 Å². The van der Waals surface area contributed by atoms with Gasteiger partial charge < -0.3 is 59.0 Å². The second-order valence-electron chi connectivity index (χ2n) is 20.7. The molecule has 2 aromatic rings. The first-order valence-corrected chi connectivity index (χ1v) is 23.7. The number of benzene rings is 1. The summed E-state index contributed by atoms with van der Waals surface area (Å²) in [7, 11) is 5.22. The molecule has 18 heteroatoms. The lowest BCUT2D eigenvalue weighted by molar-refractivity contribution is -0.302. The number of cyclic esters (lactones) is 1. The first-order valence-electron chi connectivity index (χ1n) is 23.7. The quantitative estimate of drug-likeness (QED) is 0.204. The molecule has 16 nitrogen and oxygen atoms in total. The number of halogens is 2. The molecular formula is C48H79F2N5O11. The number of aromatic nitrogens is 3. The first kappa shape index (κ1) is 54.2. The van der Waals surface area contributed by atoms with Crippen molar-refractivity contribution in [2.45, 2.75) is 192 Å². The fourth-order valence-corrected chi connectivity index (χ4v) is 11.0. The summed E-state index contributed by atoms with van der Waals surface area (Å²) in [5.41, 5.74) is -3.74. The van der Waals surface area contributed by atoms with Crippen LogP contribution in [0.4, 0.5) is 8.78 Å². The predicted octanol–water partition coefficient (Wildman–Crippen LogP) is 3.71. The molecule has 18 atom stereocenters. The Hall–Kier alpha value is -2.75. The molecular weight excluding hydrogens is 861 g/mol. The smallest absolute Gasteiger partial charge is 0.309 e. The first-order chi connectivity index (χ1) is 30.7. The lowest BCUT2D eigenvalue weighted by Gasteiger charge is -2.51. The van der Waals surface area contributed by atoms with Gasteiger partial charge in [0.25, 0.3) is 0 Å². The number of rotatable bonds is 11. The summed E-state index contributed by atoms with van der Waals surface area (Å²) in [6.07, 6.45) is -5.59. The molecule has 0 amide bonds. The molecule has 5 N–H and O–H groups in total. The van der Waals surface area contributed by atoms with E-state index in [9.17, 15) is 39.1 Å². The van der Waals surface area contributed by atoms with E-state index in [1.54, 1.807) is 47.7 Å². The van der Waals surface area contributed by atoms with Gasteiger partial charge in [-0.25, -0.2) is 13.5 Å². The highest BCUT2D eigenvalue weighted by Gasteiger charge is 2.55. The summed E-state index contributed by atoms with van der Waals surface area (Å²) >= 11 is 0. The van der Waals surface area contributed by atoms with Crippen LogP contribution in [-0.2, 0) is 41.4 Å². The van der Waals surface area contributed by atoms with Gasteiger partial charge in [0.15, 0.2) is 6.29 Å². The van der Waals surface area contributed by atoms with Gasteiger partial charge in [0.2, 0.25) is 0 Å². The van der Waals surface area contributed by atoms with Crippen molar-refractivity contribution < 1.29 is 62.8 Å². The van der Waals surface area contributed by atoms with E-state index in [0.717, 1.165) is 18.2 Å². The van der Waals surface area contributed by atoms with Crippen molar-refractivity contribution >= 4 is 5.97 Å². The number of likely N-dealkylation sites (N-methyl/N-ethyl adjacent to an activating group) is 2. The summed E-state index contributed by atoms with van der Waals surface area (Å²) in [6.45, 7) is 18.6. The van der Waals surface area contributed by atoms with E-state index >= 15 is 0 Å². The van der Waals surface area contributed by atoms with E-state index in [1.807, 2.05) is 44.7 Å². The van der Waals surface area contributed by atoms with Crippen LogP contribution in [0.1, 0.15) is 106 Å². The van der Waals surface area contributed by atoms with Crippen LogP contribution in [0, 0.1) is 35.3 Å². The fourth-order valence-electron chi connectivity index (χ4n) is 11.0. The molecule has 3 fully saturated rings. The topological polar surface area (TPSA) is 202 Å². The van der Waals surface area contributed by atoms with Gasteiger partial charge in [0.1, 0.15) is 41.7 Å². The molecule has 0 spiro atoms. The Kier molecular flexibility index (Phi) is 18.0. The Bertz CT molecular complexity index is 1890. The van der Waals surface area contributed by atoms with Crippen molar-refractivity contribution in [3.8, 4) is 0 Å². The Morgan fingerprint density at radius 1 is 1.00 bits per heavy atom. The zero-order valence-corrected chi connectivity index (χ0v) is 41.3. The van der Waals surface area contributed by atoms with Crippen molar-refractivity contribution in [2.24, 2.45) is 23.7 Å². The van der Waals surface area contributed by atoms with E-state index < -0.39 is 113 Å². The zero-order chi connectivity index (χ0) is 49.2. The number of carbonyl (C=O) groups excluding carboxylic acids is 1. The highest BCUT2D eigenvalue weighted by molar-refractivity contribution is 5.73. The van der Waals surface area contributed by atoms with Gasteiger partial charge in [0, 0.05) is 62.8 Å². The minimum absolute atomic E-state index is 0.00443. The lowest BCUT2D eigenvalue weighted by atomic mass is 9.68. The third-order valence-electron chi connectivity index (χ3n) is 15.1. The molecule has 1 aromatic heterocycles. The standard InChI is InChI=1S/C48H79F2N5O11/c1-14-38-48(10,61)41(57)30(6)54(12)23-26(2)21-46(8,60)43(28(4)39(29(5)44(59)65-38)37-22-47(9,62-13)42(58)31(7)64-37)66-45-40(56)36(19-27(3)63-45)53(11)18-17-34-25-55(52-51-34)24-32-20-33(49)15-16-35(32)50/h15-16,20,25-31,36-43,45,56-58,60-61H,14,17-19,21-24H2,1-13H3/t26-,27-,28+,29-,30-,31+,36+,37?,38-,39+,40-,41-,42+,43-,45+,46-,47-,48-/m1/s1. The van der Waals surface area contributed by atoms with Crippen LogP contribution in [-0.4, -0.2) is 175 Å². The highest BCUT2D eigenvalue weighted by Crippen LogP contribution is 2.45. The predicted molar refractivity (Wildman–Crippen MR) is 241 cm³/mol. The number of methoxy groups -OCH3 is 1. The second kappa shape index (κ2) is 21.9. The Morgan fingerprint density at radius 2 is 1.68 bits per heavy atom. The van der Waals surface area contributed by atoms with Gasteiger partial charge in [0.05, 0.1) is 53.8 Å². The number of esters is 1. The second-order valence-corrected chi connectivity index (χ2v) is 20.7. The molecule has 66 heavy (non-hydrogen) atoms. The van der Waals surface area contributed by atoms with E-state index in [4.69, 9.17) is 23.7 Å². The normalized spacial score (nSPS) is 41.6. The molecule has 4 heterocycles. The number of hydrogen-bond donors (Lipinski definition) is 5. The molecule has 0 radical (unpaired) electrons. The molecule has 3 saturated heterocycles. The van der Waals surface area contributed by atoms with Crippen LogP contribution in [0.2, 0.25) is 0 Å². The Morgan fingerprint density at radius 3 is 2.33 bits per heavy atom. The minimum atomic E-state index is -1.83. The average Bonchev–Trinajstić information content (AvgIpc) is 3.70. The maximum absolute atomic E-state index is 14.6. The molecule has 0 bridgehead atoms. The van der Waals surface area contributed by atoms with Crippen molar-refractivity contribution in [3.63, 3.8) is 0 Å². The SMILES string of the molecule is CC[C@H]1OC(=O)[C@H](C)[C@@H](C2C[C@@](C)(OC)[C@@H](O)[C@H](C)O2)[C@H](C)[C@@H](O[C@@H]2O[C@H](C)C[C@H](N(C)CCc3cn(Cc4cc(F)ccc4F)nn3)[C@H]2O)[C@](C)(O)C[C@@H](C)CN(C)[C@H](C)[C@@H](O)[C@]1(C)O. The molecule has 3 aliphatic rings. The maximum Gasteiger partial charge on any atom is 0.309 e. The highest BCUT2D eigenvalue weighted by atomic mass is 19.1. The van der Waals surface area contributed by atoms with Crippen LogP contribution >= 0.6 is 0 Å². The van der Waals surface area contributed by atoms with E-state index in [2.05, 4.69) is 10.3 Å². The van der Waals surface area contributed by atoms with Crippen molar-refractivity contribution in [3.05, 3.63) is 47.3 Å². The summed E-state index contributed by atoms with van der Waals surface area (Å²) in [4.78, 5) is 18.5. The fraction of sp³-hybridized carbons (Fsp3) is 0.812. The Labute approximate surface area is 389 Å². The van der Waals surface area contributed by atoms with E-state index in [-0.39, 0.29) is 43.4 Å². The third-order valence-corrected chi connectivity index (χ3v) is 15.1. The number of aliphatic hydroxyl groups excluding tert-OH is 3. The summed E-state index contributed by atoms with van der Waals surface area (Å²) in [5, 5.41) is 68.2. The number of nitrogens with zero attached hydrogens (tertiary/aromatic N) is 5. The largest absolute Gasteiger partial charge is 0.459 e. The molecule has 1 aromatic carbocycles. The van der Waals surface area contributed by atoms with E-state index in [1.165, 1.54) is 18.7 Å². The van der Waals surface area contributed by atoms with Gasteiger partial charge in [-0.05, 0) is 105 Å². The average molecular weight is 940 g/mol. The molecule has 3 aliphatic heterocycles. The zero-order valence-electron chi connectivity index (χ0n) is 41.3. The molecule has 1 unspecified atom stereocenters. The van der Waals surface area contributed by atoms with Crippen molar-refractivity contribution in [2.75, 3.05) is 34.3 Å². The number of aliphatic hydroxyl groups is 5. The maximum atomic E-state index is 14.6. The molecule has 0 aliphatic carbocycles. The van der Waals surface area contributed by atoms with Crippen molar-refractivity contribution in [1.82, 2.24) is 24.8 Å². The van der Waals surface area contributed by atoms with Crippen LogP contribution < -0.4 is 0 Å². The van der Waals surface area contributed by atoms with Gasteiger partial charge in [-0.1, -0.05) is 32.9 Å². The Balaban J connectivity index is 1.48. The van der Waals surface area contributed by atoms with Gasteiger partial charge in [-0.3, -0.25) is 4.79 Å². The number of ether oxygens (including phenoxy) is 5. The molecule has 5 rings (SSSR count).